The zero-order chi connectivity index (χ0) is 28.5. The molecule has 3 aliphatic rings. The van der Waals surface area contributed by atoms with Crippen LogP contribution in [0.2, 0.25) is 5.15 Å². The first-order chi connectivity index (χ1) is 19.0. The van der Waals surface area contributed by atoms with Crippen molar-refractivity contribution in [3.05, 3.63) is 17.2 Å². The molecule has 1 unspecified atom stereocenters. The maximum absolute atomic E-state index is 15.2. The molecule has 13 heteroatoms. The number of halogens is 2. The van der Waals surface area contributed by atoms with Gasteiger partial charge in [-0.15, -0.1) is 0 Å². The summed E-state index contributed by atoms with van der Waals surface area (Å²) in [6.07, 6.45) is 3.13. The number of alkyl carbamates (subject to hydrolysis) is 1. The molecule has 1 aliphatic carbocycles. The number of carbonyl (C=O) groups is 1. The van der Waals surface area contributed by atoms with E-state index in [1.165, 1.54) is 6.20 Å². The molecule has 0 bridgehead atoms. The summed E-state index contributed by atoms with van der Waals surface area (Å²) in [7, 11) is 1.99. The van der Waals surface area contributed by atoms with Crippen molar-refractivity contribution in [1.82, 2.24) is 30.1 Å². The van der Waals surface area contributed by atoms with Crippen molar-refractivity contribution in [3.8, 4) is 6.01 Å². The normalized spacial score (nSPS) is 22.1. The number of aromatic nitrogens is 3. The lowest BCUT2D eigenvalue weighted by atomic mass is 10.1. The molecule has 4 heterocycles. The van der Waals surface area contributed by atoms with E-state index in [1.54, 1.807) is 0 Å². The van der Waals surface area contributed by atoms with Crippen LogP contribution in [0, 0.1) is 11.2 Å². The predicted octanol–water partition coefficient (Wildman–Crippen LogP) is 2.95. The Morgan fingerprint density at radius 1 is 1.20 bits per heavy atom. The van der Waals surface area contributed by atoms with Crippen LogP contribution in [0.15, 0.2) is 6.20 Å². The van der Waals surface area contributed by atoms with Gasteiger partial charge in [0.05, 0.1) is 31.2 Å². The van der Waals surface area contributed by atoms with Gasteiger partial charge in [0.2, 0.25) is 0 Å². The van der Waals surface area contributed by atoms with Gasteiger partial charge in [0.1, 0.15) is 16.9 Å². The van der Waals surface area contributed by atoms with Crippen molar-refractivity contribution in [2.24, 2.45) is 5.41 Å². The van der Waals surface area contributed by atoms with Gasteiger partial charge in [-0.1, -0.05) is 11.6 Å². The van der Waals surface area contributed by atoms with Crippen LogP contribution in [0.5, 0.6) is 6.01 Å². The largest absolute Gasteiger partial charge is 0.463 e. The van der Waals surface area contributed by atoms with Crippen LogP contribution in [-0.2, 0) is 9.47 Å². The van der Waals surface area contributed by atoms with Gasteiger partial charge in [-0.2, -0.15) is 9.97 Å². The lowest BCUT2D eigenvalue weighted by Crippen LogP contribution is -2.48. The molecule has 5 rings (SSSR count). The van der Waals surface area contributed by atoms with Crippen LogP contribution in [0.1, 0.15) is 33.6 Å². The van der Waals surface area contributed by atoms with Crippen LogP contribution in [0.4, 0.5) is 15.0 Å². The van der Waals surface area contributed by atoms with Crippen molar-refractivity contribution >= 4 is 34.4 Å². The second kappa shape index (κ2) is 11.8. The first kappa shape index (κ1) is 29.0. The second-order valence-electron chi connectivity index (χ2n) is 12.2. The van der Waals surface area contributed by atoms with Gasteiger partial charge in [-0.3, -0.25) is 4.90 Å². The van der Waals surface area contributed by atoms with E-state index in [1.807, 2.05) is 32.7 Å². The number of nitrogens with zero attached hydrogens (tertiary/aromatic N) is 6. The van der Waals surface area contributed by atoms with Gasteiger partial charge in [-0.25, -0.2) is 14.2 Å². The fourth-order valence-electron chi connectivity index (χ4n) is 5.21. The fraction of sp³-hybridized carbons (Fsp3) is 0.704. The summed E-state index contributed by atoms with van der Waals surface area (Å²) < 4.78 is 32.3. The van der Waals surface area contributed by atoms with Crippen molar-refractivity contribution < 1.29 is 23.4 Å². The molecule has 1 atom stereocenters. The standard InChI is InChI=1S/C27H39ClFN7O4/c1-26(2,3)40-25(37)31-18-14-34(4)7-8-36(15-18)23-19-13-30-22(28)20(29)21(19)32-24(33-23)39-17-27(5-6-27)16-35-9-11-38-12-10-35/h13,18H,5-12,14-17H2,1-4H3,(H,31,37). The van der Waals surface area contributed by atoms with E-state index in [0.29, 0.717) is 44.0 Å². The first-order valence-electron chi connectivity index (χ1n) is 13.9. The fourth-order valence-corrected chi connectivity index (χ4v) is 5.35. The Hall–Kier alpha value is -2.54. The Kier molecular flexibility index (Phi) is 8.51. The van der Waals surface area contributed by atoms with Gasteiger partial charge in [-0.05, 0) is 40.7 Å². The van der Waals surface area contributed by atoms with Crippen LogP contribution in [-0.4, -0.2) is 115 Å². The Morgan fingerprint density at radius 2 is 1.95 bits per heavy atom. The number of anilines is 1. The molecule has 1 amide bonds. The van der Waals surface area contributed by atoms with E-state index in [4.69, 9.17) is 30.8 Å². The molecule has 220 valence electrons. The Labute approximate surface area is 239 Å². The number of amides is 1. The number of hydrogen-bond donors (Lipinski definition) is 1. The Bertz CT molecular complexity index is 1220. The molecule has 0 aromatic carbocycles. The summed E-state index contributed by atoms with van der Waals surface area (Å²) >= 11 is 6.04. The van der Waals surface area contributed by atoms with Gasteiger partial charge < -0.3 is 29.3 Å². The summed E-state index contributed by atoms with van der Waals surface area (Å²) in [5.41, 5.74) is -0.510. The monoisotopic (exact) mass is 579 g/mol. The topological polar surface area (TPSA) is 105 Å². The number of rotatable bonds is 7. The number of fused-ring (bicyclic) bond motifs is 1. The maximum Gasteiger partial charge on any atom is 0.407 e. The van der Waals surface area contributed by atoms with E-state index in [-0.39, 0.29) is 28.1 Å². The summed E-state index contributed by atoms with van der Waals surface area (Å²) in [6.45, 7) is 12.5. The molecule has 0 spiro atoms. The minimum absolute atomic E-state index is 0.0397. The Morgan fingerprint density at radius 3 is 2.65 bits per heavy atom. The number of ether oxygens (including phenoxy) is 3. The molecule has 2 aromatic rings. The number of pyridine rings is 1. The quantitative estimate of drug-likeness (QED) is 0.492. The minimum Gasteiger partial charge on any atom is -0.463 e. The van der Waals surface area contributed by atoms with Crippen LogP contribution >= 0.6 is 11.6 Å². The van der Waals surface area contributed by atoms with E-state index < -0.39 is 17.5 Å². The van der Waals surface area contributed by atoms with Crippen LogP contribution < -0.4 is 15.0 Å². The highest BCUT2D eigenvalue weighted by molar-refractivity contribution is 6.30. The number of likely N-dealkylation sites (N-methyl/N-ethyl adjacent to an activating group) is 1. The second-order valence-corrected chi connectivity index (χ2v) is 12.5. The van der Waals surface area contributed by atoms with Gasteiger partial charge >= 0.3 is 12.1 Å². The number of nitrogens with one attached hydrogen (secondary N) is 1. The van der Waals surface area contributed by atoms with E-state index in [0.717, 1.165) is 45.7 Å². The number of hydrogen-bond acceptors (Lipinski definition) is 10. The molecular weight excluding hydrogens is 541 g/mol. The van der Waals surface area contributed by atoms with Crippen molar-refractivity contribution in [2.75, 3.05) is 77.6 Å². The van der Waals surface area contributed by atoms with Crippen molar-refractivity contribution in [1.29, 1.82) is 0 Å². The molecule has 1 saturated carbocycles. The summed E-state index contributed by atoms with van der Waals surface area (Å²) in [4.78, 5) is 32.3. The van der Waals surface area contributed by atoms with E-state index in [9.17, 15) is 4.79 Å². The molecule has 2 aliphatic heterocycles. The lowest BCUT2D eigenvalue weighted by Gasteiger charge is -2.30. The molecule has 0 radical (unpaired) electrons. The molecule has 11 nitrogen and oxygen atoms in total. The maximum atomic E-state index is 15.2. The third-order valence-corrected chi connectivity index (χ3v) is 7.74. The average molecular weight is 580 g/mol. The molecule has 40 heavy (non-hydrogen) atoms. The highest BCUT2D eigenvalue weighted by Crippen LogP contribution is 2.46. The third-order valence-electron chi connectivity index (χ3n) is 7.47. The average Bonchev–Trinajstić information content (AvgIpc) is 3.68. The Balaban J connectivity index is 1.39. The van der Waals surface area contributed by atoms with Gasteiger partial charge in [0.15, 0.2) is 11.0 Å². The van der Waals surface area contributed by atoms with Gasteiger partial charge in [0.25, 0.3) is 0 Å². The molecule has 3 fully saturated rings. The SMILES string of the molecule is CN1CCN(c2nc(OCC3(CN4CCOCC4)CC3)nc3c(F)c(Cl)ncc23)CC(NC(=O)OC(C)(C)C)C1. The van der Waals surface area contributed by atoms with Crippen LogP contribution in [0.3, 0.4) is 0 Å². The van der Waals surface area contributed by atoms with Gasteiger partial charge in [0, 0.05) is 57.4 Å². The summed E-state index contributed by atoms with van der Waals surface area (Å²) in [6, 6.07) is -0.156. The van der Waals surface area contributed by atoms with E-state index >= 15 is 4.39 Å². The van der Waals surface area contributed by atoms with Crippen molar-refractivity contribution in [3.63, 3.8) is 0 Å². The molecule has 1 N–H and O–H groups in total. The molecule has 2 saturated heterocycles. The summed E-state index contributed by atoms with van der Waals surface area (Å²) in [5.74, 6) is -0.218. The van der Waals surface area contributed by atoms with Crippen molar-refractivity contribution in [2.45, 2.75) is 45.3 Å². The smallest absolute Gasteiger partial charge is 0.407 e. The summed E-state index contributed by atoms with van der Waals surface area (Å²) in [5, 5.41) is 3.16. The zero-order valence-electron chi connectivity index (χ0n) is 23.7. The number of carbonyl (C=O) groups excluding carboxylic acids is 1. The predicted molar refractivity (Wildman–Crippen MR) is 150 cm³/mol. The zero-order valence-corrected chi connectivity index (χ0v) is 24.5. The lowest BCUT2D eigenvalue weighted by molar-refractivity contribution is 0.0231. The third kappa shape index (κ3) is 7.20. The van der Waals surface area contributed by atoms with Crippen LogP contribution in [0.25, 0.3) is 10.9 Å². The minimum atomic E-state index is -0.711. The molecule has 2 aromatic heterocycles. The highest BCUT2D eigenvalue weighted by atomic mass is 35.5. The first-order valence-corrected chi connectivity index (χ1v) is 14.3. The highest BCUT2D eigenvalue weighted by Gasteiger charge is 2.45. The molecular formula is C27H39ClFN7O4. The number of morpholine rings is 1. The van der Waals surface area contributed by atoms with E-state index in [2.05, 4.69) is 25.1 Å².